The van der Waals surface area contributed by atoms with Gasteiger partial charge in [-0.3, -0.25) is 0 Å². The van der Waals surface area contributed by atoms with Gasteiger partial charge in [0, 0.05) is 6.61 Å². The number of unbranched alkanes of at least 4 members (excludes halogenated alkanes) is 14. The predicted molar refractivity (Wildman–Crippen MR) is 99.5 cm³/mol. The van der Waals surface area contributed by atoms with Crippen LogP contribution in [0.2, 0.25) is 0 Å². The van der Waals surface area contributed by atoms with E-state index >= 15 is 0 Å². The molecule has 0 aliphatic heterocycles. The molecular weight excluding hydrogens is 270 g/mol. The third-order valence-corrected chi connectivity index (χ3v) is 4.47. The smallest absolute Gasteiger partial charge is 0.0431 e. The Morgan fingerprint density at radius 1 is 0.500 bits per heavy atom. The largest absolute Gasteiger partial charge is 0.396 e. The summed E-state index contributed by atoms with van der Waals surface area (Å²) < 4.78 is 0. The van der Waals surface area contributed by atoms with E-state index in [9.17, 15) is 0 Å². The molecule has 134 valence electrons. The van der Waals surface area contributed by atoms with Crippen LogP contribution in [-0.4, -0.2) is 24.8 Å². The van der Waals surface area contributed by atoms with Crippen LogP contribution in [-0.2, 0) is 0 Å². The summed E-state index contributed by atoms with van der Waals surface area (Å²) in [5.74, 6) is 0. The van der Waals surface area contributed by atoms with Crippen LogP contribution in [0.5, 0.6) is 0 Å². The molecule has 0 aliphatic carbocycles. The van der Waals surface area contributed by atoms with Gasteiger partial charge in [-0.05, 0) is 32.4 Å². The lowest BCUT2D eigenvalue weighted by molar-refractivity contribution is 0.282. The van der Waals surface area contributed by atoms with Gasteiger partial charge in [-0.1, -0.05) is 90.4 Å². The Kier molecular flexibility index (Phi) is 20.8. The van der Waals surface area contributed by atoms with Gasteiger partial charge in [0.25, 0.3) is 0 Å². The Balaban J connectivity index is 2.91. The number of rotatable bonds is 19. The first-order chi connectivity index (χ1) is 10.9. The lowest BCUT2D eigenvalue weighted by Gasteiger charge is -2.05. The Bertz CT molecular complexity index is 165. The summed E-state index contributed by atoms with van der Waals surface area (Å²) in [6.45, 7) is 5.09. The van der Waals surface area contributed by atoms with Crippen LogP contribution in [0.15, 0.2) is 0 Å². The molecule has 0 aromatic carbocycles. The van der Waals surface area contributed by atoms with Gasteiger partial charge in [-0.2, -0.15) is 0 Å². The average Bonchev–Trinajstić information content (AvgIpc) is 2.54. The van der Waals surface area contributed by atoms with Crippen LogP contribution in [0.25, 0.3) is 0 Å². The lowest BCUT2D eigenvalue weighted by atomic mass is 10.1. The topological polar surface area (TPSA) is 32.3 Å². The van der Waals surface area contributed by atoms with Crippen molar-refractivity contribution in [2.45, 2.75) is 110 Å². The highest BCUT2D eigenvalue weighted by Crippen LogP contribution is 2.10. The zero-order chi connectivity index (χ0) is 16.1. The van der Waals surface area contributed by atoms with Crippen molar-refractivity contribution in [1.82, 2.24) is 5.32 Å². The predicted octanol–water partition coefficient (Wildman–Crippen LogP) is 5.83. The fourth-order valence-corrected chi connectivity index (χ4v) is 2.93. The maximum Gasteiger partial charge on any atom is 0.0431 e. The molecule has 0 aliphatic rings. The van der Waals surface area contributed by atoms with Crippen molar-refractivity contribution in [3.63, 3.8) is 0 Å². The minimum Gasteiger partial charge on any atom is -0.396 e. The summed E-state index contributed by atoms with van der Waals surface area (Å²) in [5.41, 5.74) is 0. The highest BCUT2D eigenvalue weighted by atomic mass is 16.2. The van der Waals surface area contributed by atoms with Gasteiger partial charge in [0.2, 0.25) is 0 Å². The van der Waals surface area contributed by atoms with E-state index < -0.39 is 0 Å². The van der Waals surface area contributed by atoms with Crippen molar-refractivity contribution < 1.29 is 5.11 Å². The molecule has 2 N–H and O–H groups in total. The van der Waals surface area contributed by atoms with Gasteiger partial charge in [0.05, 0.1) is 0 Å². The van der Waals surface area contributed by atoms with Crippen LogP contribution in [0.4, 0.5) is 0 Å². The molecule has 0 spiro atoms. The van der Waals surface area contributed by atoms with Crippen LogP contribution in [0, 0.1) is 0 Å². The second kappa shape index (κ2) is 20.9. The van der Waals surface area contributed by atoms with Gasteiger partial charge in [0.1, 0.15) is 0 Å². The Labute approximate surface area is 140 Å². The van der Waals surface area contributed by atoms with Gasteiger partial charge in [-0.15, -0.1) is 0 Å². The highest BCUT2D eigenvalue weighted by molar-refractivity contribution is 4.52. The number of aliphatic hydroxyl groups is 1. The summed E-state index contributed by atoms with van der Waals surface area (Å²) in [6, 6.07) is 0. The van der Waals surface area contributed by atoms with Gasteiger partial charge < -0.3 is 10.4 Å². The molecule has 22 heavy (non-hydrogen) atoms. The fraction of sp³-hybridized carbons (Fsp3) is 1.00. The fourth-order valence-electron chi connectivity index (χ4n) is 2.93. The van der Waals surface area contributed by atoms with Crippen molar-refractivity contribution in [1.29, 1.82) is 0 Å². The molecule has 0 saturated heterocycles. The van der Waals surface area contributed by atoms with Gasteiger partial charge >= 0.3 is 0 Å². The SMILES string of the molecule is CCCCCCCCNCCCCCCCCCCCCO. The maximum absolute atomic E-state index is 8.70. The normalized spacial score (nSPS) is 11.2. The van der Waals surface area contributed by atoms with E-state index in [2.05, 4.69) is 12.2 Å². The standard InChI is InChI=1S/C20H43NO/c1-2-3-4-5-12-15-18-21-19-16-13-10-8-6-7-9-11-14-17-20-22/h21-22H,2-20H2,1H3. The van der Waals surface area contributed by atoms with E-state index in [1.165, 1.54) is 109 Å². The third-order valence-electron chi connectivity index (χ3n) is 4.47. The number of nitrogens with one attached hydrogen (secondary N) is 1. The van der Waals surface area contributed by atoms with Gasteiger partial charge in [0.15, 0.2) is 0 Å². The molecule has 0 radical (unpaired) electrons. The van der Waals surface area contributed by atoms with E-state index in [4.69, 9.17) is 5.11 Å². The summed E-state index contributed by atoms with van der Waals surface area (Å²) in [5, 5.41) is 12.3. The highest BCUT2D eigenvalue weighted by Gasteiger charge is 1.94. The third kappa shape index (κ3) is 19.9. The summed E-state index contributed by atoms with van der Waals surface area (Å²) in [6.07, 6.45) is 21.6. The molecule has 0 unspecified atom stereocenters. The molecule has 0 amide bonds. The van der Waals surface area contributed by atoms with Gasteiger partial charge in [-0.25, -0.2) is 0 Å². The monoisotopic (exact) mass is 313 g/mol. The minimum absolute atomic E-state index is 0.368. The van der Waals surface area contributed by atoms with Crippen molar-refractivity contribution in [3.8, 4) is 0 Å². The van der Waals surface area contributed by atoms with Crippen LogP contribution in [0.3, 0.4) is 0 Å². The molecule has 2 nitrogen and oxygen atoms in total. The molecule has 0 aromatic rings. The van der Waals surface area contributed by atoms with E-state index in [-0.39, 0.29) is 0 Å². The van der Waals surface area contributed by atoms with E-state index in [1.54, 1.807) is 0 Å². The Morgan fingerprint density at radius 2 is 0.864 bits per heavy atom. The molecule has 0 bridgehead atoms. The van der Waals surface area contributed by atoms with Crippen LogP contribution < -0.4 is 5.32 Å². The summed E-state index contributed by atoms with van der Waals surface area (Å²) in [4.78, 5) is 0. The van der Waals surface area contributed by atoms with E-state index in [0.717, 1.165) is 6.42 Å². The Morgan fingerprint density at radius 3 is 1.27 bits per heavy atom. The first-order valence-electron chi connectivity index (χ1n) is 10.2. The number of hydrogen-bond donors (Lipinski definition) is 2. The molecular formula is C20H43NO. The quantitative estimate of drug-likeness (QED) is 0.294. The Hall–Kier alpha value is -0.0800. The first-order valence-corrected chi connectivity index (χ1v) is 10.2. The summed E-state index contributed by atoms with van der Waals surface area (Å²) in [7, 11) is 0. The molecule has 2 heteroatoms. The van der Waals surface area contributed by atoms with E-state index in [1.807, 2.05) is 0 Å². The summed E-state index contributed by atoms with van der Waals surface area (Å²) >= 11 is 0. The molecule has 0 fully saturated rings. The molecule has 0 heterocycles. The van der Waals surface area contributed by atoms with Crippen molar-refractivity contribution in [2.75, 3.05) is 19.7 Å². The average molecular weight is 314 g/mol. The minimum atomic E-state index is 0.368. The van der Waals surface area contributed by atoms with Crippen LogP contribution >= 0.6 is 0 Å². The number of aliphatic hydroxyl groups excluding tert-OH is 1. The second-order valence-corrected chi connectivity index (χ2v) is 6.78. The molecule has 0 aromatic heterocycles. The van der Waals surface area contributed by atoms with Crippen molar-refractivity contribution >= 4 is 0 Å². The van der Waals surface area contributed by atoms with Crippen molar-refractivity contribution in [2.24, 2.45) is 0 Å². The van der Waals surface area contributed by atoms with E-state index in [0.29, 0.717) is 6.61 Å². The van der Waals surface area contributed by atoms with Crippen molar-refractivity contribution in [3.05, 3.63) is 0 Å². The lowest BCUT2D eigenvalue weighted by Crippen LogP contribution is -2.16. The number of hydrogen-bond acceptors (Lipinski definition) is 2. The van der Waals surface area contributed by atoms with Crippen LogP contribution in [0.1, 0.15) is 110 Å². The first kappa shape index (κ1) is 21.9. The second-order valence-electron chi connectivity index (χ2n) is 6.78. The molecule has 0 saturated carbocycles. The molecule has 0 atom stereocenters. The maximum atomic E-state index is 8.70. The zero-order valence-electron chi connectivity index (χ0n) is 15.4. The molecule has 0 rings (SSSR count). The zero-order valence-corrected chi connectivity index (χ0v) is 15.4.